The molecule has 0 unspecified atom stereocenters. The minimum Gasteiger partial charge on any atom is -0.456 e. The predicted molar refractivity (Wildman–Crippen MR) is 232 cm³/mol. The molecule has 0 aliphatic heterocycles. The maximum absolute atomic E-state index is 6.44. The van der Waals surface area contributed by atoms with Gasteiger partial charge in [-0.15, -0.1) is 11.3 Å². The third-order valence-corrected chi connectivity index (χ3v) is 12.6. The quantitative estimate of drug-likeness (QED) is 0.167. The largest absolute Gasteiger partial charge is 0.456 e. The van der Waals surface area contributed by atoms with Crippen LogP contribution in [0.1, 0.15) is 0 Å². The molecule has 55 heavy (non-hydrogen) atoms. The maximum atomic E-state index is 6.44. The van der Waals surface area contributed by atoms with E-state index in [9.17, 15) is 0 Å². The number of hydrogen-bond donors (Lipinski definition) is 0. The van der Waals surface area contributed by atoms with Gasteiger partial charge in [0, 0.05) is 42.6 Å². The first-order chi connectivity index (χ1) is 27.3. The number of nitrogens with zero attached hydrogens (tertiary/aromatic N) is 3. The van der Waals surface area contributed by atoms with Crippen LogP contribution in [0.2, 0.25) is 0 Å². The molecule has 0 aliphatic rings. The van der Waals surface area contributed by atoms with Crippen LogP contribution in [0.4, 0.5) is 0 Å². The standard InChI is InChI=1S/C50H27N3OS/c1-2-12-30-28(11-1)22-25-39-45(30)46-40(26-24-37-33-15-4-3-13-31(33)32-14-5-6-17-36(32)44(37)46)53(39)49-47(52-50-48(51-49)38-18-8-10-20-43(38)55-50)29-21-23-35-34-16-7-9-19-41(34)54-42(35)27-29/h1-27H. The molecule has 4 aromatic heterocycles. The summed E-state index contributed by atoms with van der Waals surface area (Å²) in [5.74, 6) is 0.797. The van der Waals surface area contributed by atoms with E-state index in [4.69, 9.17) is 14.4 Å². The van der Waals surface area contributed by atoms with Gasteiger partial charge < -0.3 is 4.42 Å². The summed E-state index contributed by atoms with van der Waals surface area (Å²) in [7, 11) is 0. The molecular weight excluding hydrogens is 691 g/mol. The molecule has 0 fully saturated rings. The van der Waals surface area contributed by atoms with Crippen LogP contribution in [0, 0.1) is 0 Å². The molecule has 0 spiro atoms. The lowest BCUT2D eigenvalue weighted by molar-refractivity contribution is 0.669. The van der Waals surface area contributed by atoms with Crippen molar-refractivity contribution in [3.8, 4) is 17.1 Å². The van der Waals surface area contributed by atoms with Crippen molar-refractivity contribution in [3.05, 3.63) is 164 Å². The summed E-state index contributed by atoms with van der Waals surface area (Å²) < 4.78 is 9.99. The van der Waals surface area contributed by atoms with Crippen molar-refractivity contribution in [2.45, 2.75) is 0 Å². The Labute approximate surface area is 317 Å². The van der Waals surface area contributed by atoms with Crippen LogP contribution in [-0.2, 0) is 0 Å². The second-order valence-corrected chi connectivity index (χ2v) is 15.5. The van der Waals surface area contributed by atoms with Crippen molar-refractivity contribution in [1.82, 2.24) is 14.5 Å². The van der Waals surface area contributed by atoms with Crippen LogP contribution < -0.4 is 0 Å². The van der Waals surface area contributed by atoms with Gasteiger partial charge in [-0.05, 0) is 74.1 Å². The summed E-state index contributed by atoms with van der Waals surface area (Å²) >= 11 is 1.69. The maximum Gasteiger partial charge on any atom is 0.165 e. The summed E-state index contributed by atoms with van der Waals surface area (Å²) in [6.45, 7) is 0. The highest BCUT2D eigenvalue weighted by Gasteiger charge is 2.25. The highest BCUT2D eigenvalue weighted by molar-refractivity contribution is 7.25. The Kier molecular flexibility index (Phi) is 5.74. The third-order valence-electron chi connectivity index (χ3n) is 11.6. The van der Waals surface area contributed by atoms with Gasteiger partial charge in [-0.3, -0.25) is 4.57 Å². The van der Waals surface area contributed by atoms with E-state index in [0.717, 1.165) is 65.8 Å². The van der Waals surface area contributed by atoms with E-state index >= 15 is 0 Å². The van der Waals surface area contributed by atoms with Crippen LogP contribution in [0.25, 0.3) is 124 Å². The molecule has 0 saturated heterocycles. The summed E-state index contributed by atoms with van der Waals surface area (Å²) in [5.41, 5.74) is 6.59. The Balaban J connectivity index is 1.24. The molecule has 13 rings (SSSR count). The van der Waals surface area contributed by atoms with Gasteiger partial charge in [0.2, 0.25) is 0 Å². The van der Waals surface area contributed by atoms with Crippen molar-refractivity contribution in [2.75, 3.05) is 0 Å². The Morgan fingerprint density at radius 3 is 1.87 bits per heavy atom. The number of aromatic nitrogens is 3. The zero-order valence-corrected chi connectivity index (χ0v) is 30.1. The van der Waals surface area contributed by atoms with Crippen molar-refractivity contribution in [2.24, 2.45) is 0 Å². The average molecular weight is 718 g/mol. The van der Waals surface area contributed by atoms with E-state index in [1.807, 2.05) is 12.1 Å². The molecule has 4 heterocycles. The Hall–Kier alpha value is -7.08. The van der Waals surface area contributed by atoms with Crippen molar-refractivity contribution >= 4 is 119 Å². The molecule has 254 valence electrons. The first-order valence-corrected chi connectivity index (χ1v) is 19.4. The van der Waals surface area contributed by atoms with Gasteiger partial charge in [-0.1, -0.05) is 127 Å². The Morgan fingerprint density at radius 1 is 0.436 bits per heavy atom. The minimum absolute atomic E-state index is 0.797. The van der Waals surface area contributed by atoms with Gasteiger partial charge in [0.1, 0.15) is 27.2 Å². The van der Waals surface area contributed by atoms with E-state index in [1.54, 1.807) is 11.3 Å². The number of thiophene rings is 1. The second kappa shape index (κ2) is 10.8. The molecule has 0 aliphatic carbocycles. The number of fused-ring (bicyclic) bond motifs is 18. The van der Waals surface area contributed by atoms with Crippen molar-refractivity contribution < 1.29 is 4.42 Å². The minimum atomic E-state index is 0.797. The van der Waals surface area contributed by atoms with E-state index in [1.165, 1.54) is 58.6 Å². The summed E-state index contributed by atoms with van der Waals surface area (Å²) in [6.07, 6.45) is 0. The second-order valence-electron chi connectivity index (χ2n) is 14.4. The highest BCUT2D eigenvalue weighted by atomic mass is 32.1. The van der Waals surface area contributed by atoms with Crippen LogP contribution in [0.15, 0.2) is 168 Å². The first-order valence-electron chi connectivity index (χ1n) is 18.6. The molecule has 4 nitrogen and oxygen atoms in total. The first kappa shape index (κ1) is 29.4. The van der Waals surface area contributed by atoms with E-state index in [2.05, 4.69) is 156 Å². The number of hydrogen-bond acceptors (Lipinski definition) is 4. The van der Waals surface area contributed by atoms with E-state index in [-0.39, 0.29) is 0 Å². The highest BCUT2D eigenvalue weighted by Crippen LogP contribution is 2.47. The van der Waals surface area contributed by atoms with Gasteiger partial charge in [-0.2, -0.15) is 0 Å². The molecule has 9 aromatic carbocycles. The number of para-hydroxylation sites is 1. The molecule has 0 bridgehead atoms. The average Bonchev–Trinajstić information content (AvgIpc) is 3.92. The fraction of sp³-hybridized carbons (Fsp3) is 0. The smallest absolute Gasteiger partial charge is 0.165 e. The molecule has 0 amide bonds. The fourth-order valence-corrected chi connectivity index (χ4v) is 10.2. The molecule has 0 saturated carbocycles. The van der Waals surface area contributed by atoms with Crippen LogP contribution in [-0.4, -0.2) is 14.5 Å². The van der Waals surface area contributed by atoms with E-state index in [0.29, 0.717) is 0 Å². The summed E-state index contributed by atoms with van der Waals surface area (Å²) in [4.78, 5) is 12.1. The predicted octanol–water partition coefficient (Wildman–Crippen LogP) is 14.1. The topological polar surface area (TPSA) is 43.9 Å². The lowest BCUT2D eigenvalue weighted by Gasteiger charge is -2.14. The van der Waals surface area contributed by atoms with E-state index < -0.39 is 0 Å². The Bertz CT molecular complexity index is 3760. The lowest BCUT2D eigenvalue weighted by Crippen LogP contribution is -2.03. The van der Waals surface area contributed by atoms with Crippen LogP contribution in [0.5, 0.6) is 0 Å². The number of benzene rings is 9. The monoisotopic (exact) mass is 717 g/mol. The van der Waals surface area contributed by atoms with Gasteiger partial charge in [0.25, 0.3) is 0 Å². The zero-order valence-electron chi connectivity index (χ0n) is 29.2. The van der Waals surface area contributed by atoms with Gasteiger partial charge in [0.15, 0.2) is 5.82 Å². The van der Waals surface area contributed by atoms with Crippen molar-refractivity contribution in [3.63, 3.8) is 0 Å². The van der Waals surface area contributed by atoms with Crippen molar-refractivity contribution in [1.29, 1.82) is 0 Å². The number of rotatable bonds is 2. The molecule has 0 atom stereocenters. The third kappa shape index (κ3) is 3.94. The van der Waals surface area contributed by atoms with Gasteiger partial charge in [0.05, 0.1) is 11.0 Å². The normalized spacial score (nSPS) is 12.4. The molecule has 5 heteroatoms. The molecule has 0 radical (unpaired) electrons. The Morgan fingerprint density at radius 2 is 1.04 bits per heavy atom. The summed E-state index contributed by atoms with van der Waals surface area (Å²) in [5, 5.41) is 15.7. The van der Waals surface area contributed by atoms with Gasteiger partial charge in [-0.25, -0.2) is 9.97 Å². The van der Waals surface area contributed by atoms with Crippen LogP contribution >= 0.6 is 11.3 Å². The fourth-order valence-electron chi connectivity index (χ4n) is 9.23. The summed E-state index contributed by atoms with van der Waals surface area (Å²) in [6, 6.07) is 58.8. The molecular formula is C50H27N3OS. The SMILES string of the molecule is c1ccc2c(c1)ccc1c2c2c3c4ccccc4c4ccccc4c3ccc2n1-c1nc2c(nc1-c1ccc3c(c1)oc1ccccc13)sc1ccccc12. The number of furan rings is 1. The van der Waals surface area contributed by atoms with Crippen LogP contribution in [0.3, 0.4) is 0 Å². The zero-order chi connectivity index (χ0) is 35.8. The molecule has 13 aromatic rings. The lowest BCUT2D eigenvalue weighted by atomic mass is 9.91. The van der Waals surface area contributed by atoms with Gasteiger partial charge >= 0.3 is 0 Å². The molecule has 0 N–H and O–H groups in total.